The monoisotopic (exact) mass is 376 g/mol. The van der Waals surface area contributed by atoms with E-state index in [1.807, 2.05) is 24.3 Å². The van der Waals surface area contributed by atoms with Crippen molar-refractivity contribution >= 4 is 32.7 Å². The van der Waals surface area contributed by atoms with Crippen molar-refractivity contribution in [3.63, 3.8) is 0 Å². The zero-order valence-electron chi connectivity index (χ0n) is 15.2. The van der Waals surface area contributed by atoms with Crippen molar-refractivity contribution in [2.24, 2.45) is 0 Å². The summed E-state index contributed by atoms with van der Waals surface area (Å²) in [7, 11) is -3.32. The van der Waals surface area contributed by atoms with Crippen LogP contribution in [0.1, 0.15) is 37.0 Å². The number of fused-ring (bicyclic) bond motifs is 1. The van der Waals surface area contributed by atoms with Gasteiger partial charge in [-0.3, -0.25) is 4.79 Å². The van der Waals surface area contributed by atoms with Gasteiger partial charge in [-0.2, -0.15) is 0 Å². The molecule has 26 heavy (non-hydrogen) atoms. The zero-order chi connectivity index (χ0) is 18.9. The SMILES string of the molecule is CC(C)(CNc1cc(C(=O)NC2CC2)c2ccccc2n1)NS(C)(=O)=O. The summed E-state index contributed by atoms with van der Waals surface area (Å²) in [6, 6.07) is 9.47. The van der Waals surface area contributed by atoms with Gasteiger partial charge in [0.15, 0.2) is 0 Å². The number of para-hydroxylation sites is 1. The van der Waals surface area contributed by atoms with Gasteiger partial charge in [-0.1, -0.05) is 18.2 Å². The van der Waals surface area contributed by atoms with Crippen molar-refractivity contribution < 1.29 is 13.2 Å². The van der Waals surface area contributed by atoms with Crippen LogP contribution in [0.3, 0.4) is 0 Å². The second-order valence-corrected chi connectivity index (χ2v) is 9.18. The van der Waals surface area contributed by atoms with Crippen molar-refractivity contribution in [3.8, 4) is 0 Å². The third-order valence-electron chi connectivity index (χ3n) is 4.05. The van der Waals surface area contributed by atoms with Gasteiger partial charge in [0.25, 0.3) is 5.91 Å². The molecule has 0 aliphatic heterocycles. The van der Waals surface area contributed by atoms with Crippen LogP contribution in [0.25, 0.3) is 10.9 Å². The number of nitrogens with zero attached hydrogens (tertiary/aromatic N) is 1. The fraction of sp³-hybridized carbons (Fsp3) is 0.444. The van der Waals surface area contributed by atoms with Crippen LogP contribution in [0.15, 0.2) is 30.3 Å². The molecule has 0 saturated heterocycles. The first kappa shape index (κ1) is 18.6. The molecule has 1 saturated carbocycles. The van der Waals surface area contributed by atoms with Crippen LogP contribution in [0.5, 0.6) is 0 Å². The highest BCUT2D eigenvalue weighted by molar-refractivity contribution is 7.88. The third-order valence-corrected chi connectivity index (χ3v) is 4.97. The number of carbonyl (C=O) groups excluding carboxylic acids is 1. The number of rotatable bonds is 7. The molecule has 0 spiro atoms. The Bertz CT molecular complexity index is 937. The van der Waals surface area contributed by atoms with Gasteiger partial charge in [0.1, 0.15) is 5.82 Å². The number of hydrogen-bond acceptors (Lipinski definition) is 5. The Morgan fingerprint density at radius 1 is 1.27 bits per heavy atom. The fourth-order valence-corrected chi connectivity index (χ4v) is 3.87. The number of nitrogens with one attached hydrogen (secondary N) is 3. The van der Waals surface area contributed by atoms with Crippen molar-refractivity contribution in [1.29, 1.82) is 0 Å². The topological polar surface area (TPSA) is 100 Å². The molecule has 7 nitrogen and oxygen atoms in total. The molecule has 0 radical (unpaired) electrons. The Labute approximate surface area is 153 Å². The van der Waals surface area contributed by atoms with Crippen molar-refractivity contribution in [2.75, 3.05) is 18.1 Å². The quantitative estimate of drug-likeness (QED) is 0.685. The molecule has 1 aliphatic rings. The van der Waals surface area contributed by atoms with Crippen molar-refractivity contribution in [3.05, 3.63) is 35.9 Å². The maximum absolute atomic E-state index is 12.6. The lowest BCUT2D eigenvalue weighted by Crippen LogP contribution is -2.47. The van der Waals surface area contributed by atoms with Crippen molar-refractivity contribution in [1.82, 2.24) is 15.0 Å². The number of hydrogen-bond donors (Lipinski definition) is 3. The Kier molecular flexibility index (Phi) is 4.90. The highest BCUT2D eigenvalue weighted by atomic mass is 32.2. The molecule has 1 aromatic heterocycles. The van der Waals surface area contributed by atoms with Crippen molar-refractivity contribution in [2.45, 2.75) is 38.3 Å². The summed E-state index contributed by atoms with van der Waals surface area (Å²) in [5, 5.41) is 6.95. The van der Waals surface area contributed by atoms with Gasteiger partial charge in [-0.25, -0.2) is 18.1 Å². The zero-order valence-corrected chi connectivity index (χ0v) is 16.0. The predicted molar refractivity (Wildman–Crippen MR) is 103 cm³/mol. The first-order valence-electron chi connectivity index (χ1n) is 8.56. The number of aromatic nitrogens is 1. The lowest BCUT2D eigenvalue weighted by molar-refractivity contribution is 0.0952. The molecular formula is C18H24N4O3S. The summed E-state index contributed by atoms with van der Waals surface area (Å²) in [4.78, 5) is 17.1. The number of anilines is 1. The van der Waals surface area contributed by atoms with Crippen LogP contribution in [-0.2, 0) is 10.0 Å². The standard InChI is InChI=1S/C18H24N4O3S/c1-18(2,22-26(3,24)25)11-19-16-10-14(17(23)20-12-8-9-12)13-6-4-5-7-15(13)21-16/h4-7,10,12,22H,8-9,11H2,1-3H3,(H,19,21)(H,20,23). The van der Waals surface area contributed by atoms with E-state index in [1.54, 1.807) is 19.9 Å². The van der Waals surface area contributed by atoms with Gasteiger partial charge in [0.05, 0.1) is 17.3 Å². The maximum Gasteiger partial charge on any atom is 0.252 e. The molecule has 0 unspecified atom stereocenters. The Morgan fingerprint density at radius 3 is 2.62 bits per heavy atom. The van der Waals surface area contributed by atoms with E-state index in [1.165, 1.54) is 0 Å². The van der Waals surface area contributed by atoms with Gasteiger partial charge in [0.2, 0.25) is 10.0 Å². The molecule has 2 aromatic rings. The van der Waals surface area contributed by atoms with Gasteiger partial charge in [0, 0.05) is 23.5 Å². The number of sulfonamides is 1. The average Bonchev–Trinajstić information content (AvgIpc) is 3.34. The molecular weight excluding hydrogens is 352 g/mol. The number of pyridine rings is 1. The van der Waals surface area contributed by atoms with E-state index in [4.69, 9.17) is 0 Å². The van der Waals surface area contributed by atoms with E-state index in [0.717, 1.165) is 24.5 Å². The molecule has 140 valence electrons. The first-order valence-corrected chi connectivity index (χ1v) is 10.5. The molecule has 1 aromatic carbocycles. The summed E-state index contributed by atoms with van der Waals surface area (Å²) in [5.41, 5.74) is 0.586. The first-order chi connectivity index (χ1) is 12.1. The minimum Gasteiger partial charge on any atom is -0.368 e. The van der Waals surface area contributed by atoms with Crippen LogP contribution < -0.4 is 15.4 Å². The summed E-state index contributed by atoms with van der Waals surface area (Å²) < 4.78 is 25.5. The van der Waals surface area contributed by atoms with Gasteiger partial charge in [-0.05, 0) is 38.8 Å². The van der Waals surface area contributed by atoms with E-state index in [2.05, 4.69) is 20.3 Å². The van der Waals surface area contributed by atoms with Gasteiger partial charge < -0.3 is 10.6 Å². The Hall–Kier alpha value is -2.19. The van der Waals surface area contributed by atoms with Gasteiger partial charge >= 0.3 is 0 Å². The second kappa shape index (κ2) is 6.85. The van der Waals surface area contributed by atoms with Crippen LogP contribution in [0.2, 0.25) is 0 Å². The number of carbonyl (C=O) groups is 1. The normalized spacial score (nSPS) is 15.0. The lowest BCUT2D eigenvalue weighted by Gasteiger charge is -2.25. The molecule has 3 N–H and O–H groups in total. The molecule has 0 atom stereocenters. The van der Waals surface area contributed by atoms with E-state index >= 15 is 0 Å². The van der Waals surface area contributed by atoms with Crippen LogP contribution in [-0.4, -0.2) is 43.7 Å². The van der Waals surface area contributed by atoms with Gasteiger partial charge in [-0.15, -0.1) is 0 Å². The maximum atomic E-state index is 12.6. The molecule has 1 aliphatic carbocycles. The third kappa shape index (κ3) is 4.92. The number of benzene rings is 1. The van der Waals surface area contributed by atoms with E-state index < -0.39 is 15.6 Å². The predicted octanol–water partition coefficient (Wildman–Crippen LogP) is 1.87. The Morgan fingerprint density at radius 2 is 1.96 bits per heavy atom. The summed E-state index contributed by atoms with van der Waals surface area (Å²) in [6.07, 6.45) is 3.17. The molecule has 1 amide bonds. The minimum absolute atomic E-state index is 0.109. The molecule has 8 heteroatoms. The lowest BCUT2D eigenvalue weighted by atomic mass is 10.1. The summed E-state index contributed by atoms with van der Waals surface area (Å²) >= 11 is 0. The minimum atomic E-state index is -3.32. The Balaban J connectivity index is 1.85. The van der Waals surface area contributed by atoms with E-state index in [0.29, 0.717) is 23.4 Å². The molecule has 3 rings (SSSR count). The van der Waals surface area contributed by atoms with E-state index in [9.17, 15) is 13.2 Å². The fourth-order valence-electron chi connectivity index (χ4n) is 2.79. The highest BCUT2D eigenvalue weighted by Crippen LogP contribution is 2.24. The smallest absolute Gasteiger partial charge is 0.252 e. The van der Waals surface area contributed by atoms with Crippen LogP contribution in [0, 0.1) is 0 Å². The van der Waals surface area contributed by atoms with E-state index in [-0.39, 0.29) is 11.9 Å². The number of amides is 1. The summed E-state index contributed by atoms with van der Waals surface area (Å²) in [5.74, 6) is 0.427. The largest absolute Gasteiger partial charge is 0.368 e. The molecule has 0 bridgehead atoms. The molecule has 1 fully saturated rings. The summed E-state index contributed by atoms with van der Waals surface area (Å²) in [6.45, 7) is 3.89. The molecule has 1 heterocycles. The van der Waals surface area contributed by atoms with Crippen LogP contribution >= 0.6 is 0 Å². The average molecular weight is 376 g/mol. The highest BCUT2D eigenvalue weighted by Gasteiger charge is 2.25. The van der Waals surface area contributed by atoms with Crippen LogP contribution in [0.4, 0.5) is 5.82 Å². The second-order valence-electron chi connectivity index (χ2n) is 7.43.